The normalized spacial score (nSPS) is 17.9. The summed E-state index contributed by atoms with van der Waals surface area (Å²) in [6, 6.07) is 1.67. The molecule has 2 rings (SSSR count). The first-order valence-corrected chi connectivity index (χ1v) is 6.08. The largest absolute Gasteiger partial charge is 0.310 e. The Hall–Kier alpha value is -1.12. The second-order valence-corrected chi connectivity index (χ2v) is 5.75. The van der Waals surface area contributed by atoms with Gasteiger partial charge in [0.15, 0.2) is 0 Å². The number of H-pyrrole nitrogens is 1. The van der Waals surface area contributed by atoms with Gasteiger partial charge < -0.3 is 4.98 Å². The highest BCUT2D eigenvalue weighted by molar-refractivity contribution is 5.13. The maximum Gasteiger partial charge on any atom is 0.251 e. The zero-order valence-electron chi connectivity index (χ0n) is 10.3. The van der Waals surface area contributed by atoms with Crippen LogP contribution in [0.25, 0.3) is 0 Å². The summed E-state index contributed by atoms with van der Waals surface area (Å²) in [5.41, 5.74) is 0.890. The van der Waals surface area contributed by atoms with Crippen molar-refractivity contribution in [3.05, 3.63) is 27.9 Å². The lowest BCUT2D eigenvalue weighted by Gasteiger charge is -2.19. The van der Waals surface area contributed by atoms with Gasteiger partial charge in [-0.2, -0.15) is 0 Å². The van der Waals surface area contributed by atoms with Gasteiger partial charge in [-0.05, 0) is 12.8 Å². The number of nitrogens with zero attached hydrogens (tertiary/aromatic N) is 1. The summed E-state index contributed by atoms with van der Waals surface area (Å²) in [6.45, 7) is 6.22. The lowest BCUT2D eigenvalue weighted by molar-refractivity contribution is 0.532. The highest BCUT2D eigenvalue weighted by Gasteiger charge is 2.22. The van der Waals surface area contributed by atoms with Crippen LogP contribution in [-0.4, -0.2) is 9.97 Å². The third-order valence-corrected chi connectivity index (χ3v) is 3.25. The minimum absolute atomic E-state index is 0.0122. The number of nitrogens with one attached hydrogen (secondary N) is 1. The van der Waals surface area contributed by atoms with Crippen molar-refractivity contribution in [1.82, 2.24) is 9.97 Å². The quantitative estimate of drug-likeness (QED) is 0.791. The van der Waals surface area contributed by atoms with Gasteiger partial charge in [-0.25, -0.2) is 4.98 Å². The van der Waals surface area contributed by atoms with Gasteiger partial charge in [-0.1, -0.05) is 33.6 Å². The molecule has 1 N–H and O–H groups in total. The highest BCUT2D eigenvalue weighted by atomic mass is 16.1. The fourth-order valence-electron chi connectivity index (χ4n) is 2.26. The Morgan fingerprint density at radius 2 is 1.94 bits per heavy atom. The third kappa shape index (κ3) is 2.34. The molecule has 1 fully saturated rings. The maximum atomic E-state index is 11.6. The zero-order chi connectivity index (χ0) is 11.8. The lowest BCUT2D eigenvalue weighted by Crippen LogP contribution is -2.23. The van der Waals surface area contributed by atoms with Crippen LogP contribution in [0.15, 0.2) is 10.9 Å². The van der Waals surface area contributed by atoms with Crippen molar-refractivity contribution in [2.24, 2.45) is 0 Å². The van der Waals surface area contributed by atoms with E-state index in [1.807, 2.05) is 0 Å². The predicted molar refractivity (Wildman–Crippen MR) is 64.8 cm³/mol. The third-order valence-electron chi connectivity index (χ3n) is 3.25. The molecule has 3 nitrogen and oxygen atoms in total. The number of hydrogen-bond donors (Lipinski definition) is 1. The van der Waals surface area contributed by atoms with Gasteiger partial charge in [0.05, 0.1) is 5.69 Å². The van der Waals surface area contributed by atoms with E-state index in [-0.39, 0.29) is 11.0 Å². The minimum Gasteiger partial charge on any atom is -0.310 e. The summed E-state index contributed by atoms with van der Waals surface area (Å²) < 4.78 is 0. The molecule has 3 heteroatoms. The zero-order valence-corrected chi connectivity index (χ0v) is 10.3. The van der Waals surface area contributed by atoms with Crippen LogP contribution in [0.5, 0.6) is 0 Å². The van der Waals surface area contributed by atoms with Crippen molar-refractivity contribution < 1.29 is 0 Å². The fraction of sp³-hybridized carbons (Fsp3) is 0.692. The summed E-state index contributed by atoms with van der Waals surface area (Å²) in [5, 5.41) is 0. The lowest BCUT2D eigenvalue weighted by atomic mass is 9.95. The molecule has 0 atom stereocenters. The van der Waals surface area contributed by atoms with E-state index in [1.165, 1.54) is 25.7 Å². The molecule has 1 heterocycles. The van der Waals surface area contributed by atoms with Crippen LogP contribution in [0, 0.1) is 0 Å². The second-order valence-electron chi connectivity index (χ2n) is 5.75. The Balaban J connectivity index is 2.39. The molecule has 1 aliphatic carbocycles. The van der Waals surface area contributed by atoms with Crippen LogP contribution in [-0.2, 0) is 5.41 Å². The second kappa shape index (κ2) is 4.04. The Morgan fingerprint density at radius 1 is 1.31 bits per heavy atom. The molecule has 0 amide bonds. The Kier molecular flexibility index (Phi) is 2.87. The standard InChI is InChI=1S/C13H20N2O/c1-13(2,3)12-14-10(8-11(16)15-12)9-6-4-5-7-9/h8-9H,4-7H2,1-3H3,(H,14,15,16). The van der Waals surface area contributed by atoms with Crippen molar-refractivity contribution in [1.29, 1.82) is 0 Å². The number of aromatic nitrogens is 2. The molecular weight excluding hydrogens is 200 g/mol. The molecule has 0 bridgehead atoms. The van der Waals surface area contributed by atoms with Gasteiger partial charge in [0.1, 0.15) is 5.82 Å². The Labute approximate surface area is 96.3 Å². The first-order valence-electron chi connectivity index (χ1n) is 6.08. The van der Waals surface area contributed by atoms with E-state index in [1.54, 1.807) is 6.07 Å². The number of aromatic amines is 1. The average molecular weight is 220 g/mol. The van der Waals surface area contributed by atoms with E-state index in [2.05, 4.69) is 30.7 Å². The topological polar surface area (TPSA) is 45.8 Å². The molecular formula is C13H20N2O. The van der Waals surface area contributed by atoms with E-state index in [9.17, 15) is 4.79 Å². The molecule has 1 aromatic heterocycles. The smallest absolute Gasteiger partial charge is 0.251 e. The van der Waals surface area contributed by atoms with Crippen LogP contribution in [0.1, 0.15) is 63.9 Å². The first kappa shape index (κ1) is 11.4. The number of rotatable bonds is 1. The summed E-state index contributed by atoms with van der Waals surface area (Å²) in [6.07, 6.45) is 4.90. The SMILES string of the molecule is CC(C)(C)c1nc(C2CCCC2)cc(=O)[nH]1. The van der Waals surface area contributed by atoms with Gasteiger partial charge in [0, 0.05) is 17.4 Å². The molecule has 0 aliphatic heterocycles. The van der Waals surface area contributed by atoms with Crippen LogP contribution in [0.4, 0.5) is 0 Å². The average Bonchev–Trinajstić information content (AvgIpc) is 2.68. The van der Waals surface area contributed by atoms with Crippen LogP contribution in [0.3, 0.4) is 0 Å². The van der Waals surface area contributed by atoms with Crippen LogP contribution in [0.2, 0.25) is 0 Å². The molecule has 0 unspecified atom stereocenters. The summed E-state index contributed by atoms with van der Waals surface area (Å²) in [5.74, 6) is 1.31. The monoisotopic (exact) mass is 220 g/mol. The van der Waals surface area contributed by atoms with Gasteiger partial charge in [-0.15, -0.1) is 0 Å². The molecule has 0 aromatic carbocycles. The van der Waals surface area contributed by atoms with Crippen molar-refractivity contribution in [3.8, 4) is 0 Å². The molecule has 1 aliphatic rings. The van der Waals surface area contributed by atoms with Gasteiger partial charge in [0.2, 0.25) is 0 Å². The van der Waals surface area contributed by atoms with E-state index in [0.717, 1.165) is 11.5 Å². The van der Waals surface area contributed by atoms with Crippen LogP contribution >= 0.6 is 0 Å². The molecule has 1 aromatic rings. The number of hydrogen-bond acceptors (Lipinski definition) is 2. The van der Waals surface area contributed by atoms with Gasteiger partial charge >= 0.3 is 0 Å². The minimum atomic E-state index is -0.0895. The van der Waals surface area contributed by atoms with Crippen molar-refractivity contribution >= 4 is 0 Å². The Morgan fingerprint density at radius 3 is 2.50 bits per heavy atom. The molecule has 0 saturated heterocycles. The van der Waals surface area contributed by atoms with E-state index >= 15 is 0 Å². The molecule has 16 heavy (non-hydrogen) atoms. The van der Waals surface area contributed by atoms with E-state index < -0.39 is 0 Å². The van der Waals surface area contributed by atoms with Crippen molar-refractivity contribution in [2.75, 3.05) is 0 Å². The van der Waals surface area contributed by atoms with E-state index in [0.29, 0.717) is 5.92 Å². The fourth-order valence-corrected chi connectivity index (χ4v) is 2.26. The molecule has 1 saturated carbocycles. The predicted octanol–water partition coefficient (Wildman–Crippen LogP) is 2.73. The summed E-state index contributed by atoms with van der Waals surface area (Å²) in [4.78, 5) is 19.1. The molecule has 88 valence electrons. The van der Waals surface area contributed by atoms with Crippen molar-refractivity contribution in [3.63, 3.8) is 0 Å². The van der Waals surface area contributed by atoms with Gasteiger partial charge in [0.25, 0.3) is 5.56 Å². The molecule has 0 radical (unpaired) electrons. The highest BCUT2D eigenvalue weighted by Crippen LogP contribution is 2.32. The van der Waals surface area contributed by atoms with Crippen LogP contribution < -0.4 is 5.56 Å². The molecule has 0 spiro atoms. The van der Waals surface area contributed by atoms with Gasteiger partial charge in [-0.3, -0.25) is 4.79 Å². The maximum absolute atomic E-state index is 11.6. The van der Waals surface area contributed by atoms with E-state index in [4.69, 9.17) is 0 Å². The Bertz CT molecular complexity index is 422. The summed E-state index contributed by atoms with van der Waals surface area (Å²) >= 11 is 0. The summed E-state index contributed by atoms with van der Waals surface area (Å²) in [7, 11) is 0. The first-order chi connectivity index (χ1) is 7.47. The van der Waals surface area contributed by atoms with Crippen molar-refractivity contribution in [2.45, 2.75) is 57.8 Å².